The summed E-state index contributed by atoms with van der Waals surface area (Å²) in [4.78, 5) is 14.9. The summed E-state index contributed by atoms with van der Waals surface area (Å²) in [7, 11) is 0. The molecule has 0 saturated heterocycles. The summed E-state index contributed by atoms with van der Waals surface area (Å²) in [5.41, 5.74) is 0.715. The fourth-order valence-electron chi connectivity index (χ4n) is 1.05. The quantitative estimate of drug-likeness (QED) is 0.711. The van der Waals surface area contributed by atoms with Crippen LogP contribution in [0.2, 0.25) is 0 Å². The van der Waals surface area contributed by atoms with Crippen molar-refractivity contribution in [2.24, 2.45) is 0 Å². The first-order chi connectivity index (χ1) is 5.88. The predicted molar refractivity (Wildman–Crippen MR) is 50.4 cm³/mol. The Morgan fingerprint density at radius 3 is 2.83 bits per heavy atom. The number of H-pyrrole nitrogens is 1. The Balaban J connectivity index is 2.63. The van der Waals surface area contributed by atoms with E-state index in [-0.39, 0.29) is 5.56 Å². The van der Waals surface area contributed by atoms with Crippen LogP contribution in [0.4, 0.5) is 0 Å². The van der Waals surface area contributed by atoms with Crippen molar-refractivity contribution in [2.45, 2.75) is 0 Å². The van der Waals surface area contributed by atoms with Crippen LogP contribution in [0.25, 0.3) is 10.4 Å². The zero-order chi connectivity index (χ0) is 8.39. The average molecular weight is 177 g/mol. The molecule has 0 aliphatic rings. The maximum absolute atomic E-state index is 11.3. The summed E-state index contributed by atoms with van der Waals surface area (Å²) in [5, 5.41) is 1.96. The van der Waals surface area contributed by atoms with Gasteiger partial charge in [0.1, 0.15) is 0 Å². The molecule has 1 N–H and O–H groups in total. The first kappa shape index (κ1) is 7.31. The van der Waals surface area contributed by atoms with Gasteiger partial charge in [-0.25, -0.2) is 0 Å². The summed E-state index contributed by atoms with van der Waals surface area (Å²) in [6.07, 6.45) is 1.64. The van der Waals surface area contributed by atoms with Crippen LogP contribution in [0.3, 0.4) is 0 Å². The van der Waals surface area contributed by atoms with Crippen molar-refractivity contribution in [3.05, 3.63) is 46.2 Å². The summed E-state index contributed by atoms with van der Waals surface area (Å²) >= 11 is 1.57. The van der Waals surface area contributed by atoms with Gasteiger partial charge in [0.2, 0.25) is 0 Å². The van der Waals surface area contributed by atoms with Crippen molar-refractivity contribution in [3.8, 4) is 10.4 Å². The Kier molecular flexibility index (Phi) is 1.80. The highest BCUT2D eigenvalue weighted by molar-refractivity contribution is 7.13. The van der Waals surface area contributed by atoms with Gasteiger partial charge in [0, 0.05) is 11.1 Å². The second-order valence-corrected chi connectivity index (χ2v) is 3.34. The normalized spacial score (nSPS) is 10.0. The van der Waals surface area contributed by atoms with Crippen LogP contribution in [-0.2, 0) is 0 Å². The molecular weight excluding hydrogens is 170 g/mol. The lowest BCUT2D eigenvalue weighted by atomic mass is 10.2. The molecule has 0 bridgehead atoms. The number of thiophene rings is 1. The second kappa shape index (κ2) is 2.95. The van der Waals surface area contributed by atoms with Crippen molar-refractivity contribution in [1.29, 1.82) is 0 Å². The van der Waals surface area contributed by atoms with E-state index in [1.807, 2.05) is 29.6 Å². The van der Waals surface area contributed by atoms with Gasteiger partial charge in [-0.3, -0.25) is 4.79 Å². The topological polar surface area (TPSA) is 32.9 Å². The Hall–Kier alpha value is -1.35. The van der Waals surface area contributed by atoms with E-state index in [2.05, 4.69) is 4.98 Å². The van der Waals surface area contributed by atoms with E-state index in [4.69, 9.17) is 0 Å². The number of hydrogen-bond acceptors (Lipinski definition) is 2. The molecule has 0 atom stereocenters. The van der Waals surface area contributed by atoms with Gasteiger partial charge in [0.15, 0.2) is 0 Å². The lowest BCUT2D eigenvalue weighted by molar-refractivity contribution is 1.25. The Labute approximate surface area is 73.5 Å². The molecule has 60 valence electrons. The van der Waals surface area contributed by atoms with Crippen LogP contribution in [0.5, 0.6) is 0 Å². The van der Waals surface area contributed by atoms with Gasteiger partial charge in [0.05, 0.1) is 5.56 Å². The number of aromatic amines is 1. The third kappa shape index (κ3) is 1.19. The van der Waals surface area contributed by atoms with E-state index in [1.165, 1.54) is 0 Å². The van der Waals surface area contributed by atoms with E-state index in [0.29, 0.717) is 0 Å². The highest BCUT2D eigenvalue weighted by Gasteiger charge is 2.00. The van der Waals surface area contributed by atoms with Crippen LogP contribution < -0.4 is 5.56 Å². The zero-order valence-electron chi connectivity index (χ0n) is 6.28. The fourth-order valence-corrected chi connectivity index (χ4v) is 1.80. The van der Waals surface area contributed by atoms with Crippen molar-refractivity contribution >= 4 is 11.3 Å². The first-order valence-corrected chi connectivity index (χ1v) is 4.47. The Morgan fingerprint density at radius 2 is 2.17 bits per heavy atom. The molecule has 0 aromatic carbocycles. The lowest BCUT2D eigenvalue weighted by Crippen LogP contribution is -2.05. The largest absolute Gasteiger partial charge is 0.329 e. The standard InChI is InChI=1S/C9H7NOS/c11-9-7(3-1-5-10-9)8-4-2-6-12-8/h1-6H,(H,10,11). The van der Waals surface area contributed by atoms with Gasteiger partial charge in [-0.2, -0.15) is 0 Å². The van der Waals surface area contributed by atoms with Gasteiger partial charge < -0.3 is 4.98 Å². The minimum atomic E-state index is -0.0278. The minimum absolute atomic E-state index is 0.0278. The van der Waals surface area contributed by atoms with Crippen LogP contribution in [0.15, 0.2) is 40.6 Å². The molecule has 2 aromatic heterocycles. The number of hydrogen-bond donors (Lipinski definition) is 1. The summed E-state index contributed by atoms with van der Waals surface area (Å²) in [6, 6.07) is 7.53. The van der Waals surface area contributed by atoms with Crippen LogP contribution in [0, 0.1) is 0 Å². The number of nitrogens with one attached hydrogen (secondary N) is 1. The maximum Gasteiger partial charge on any atom is 0.256 e. The molecule has 0 spiro atoms. The lowest BCUT2D eigenvalue weighted by Gasteiger charge is -1.92. The molecular formula is C9H7NOS. The Bertz CT molecular complexity index is 416. The van der Waals surface area contributed by atoms with Gasteiger partial charge in [-0.1, -0.05) is 6.07 Å². The molecule has 0 saturated carbocycles. The molecule has 0 fully saturated rings. The molecule has 0 radical (unpaired) electrons. The van der Waals surface area contributed by atoms with E-state index >= 15 is 0 Å². The summed E-state index contributed by atoms with van der Waals surface area (Å²) in [5.74, 6) is 0. The van der Waals surface area contributed by atoms with E-state index < -0.39 is 0 Å². The summed E-state index contributed by atoms with van der Waals surface area (Å²) in [6.45, 7) is 0. The zero-order valence-corrected chi connectivity index (χ0v) is 7.10. The van der Waals surface area contributed by atoms with Crippen LogP contribution in [-0.4, -0.2) is 4.98 Å². The van der Waals surface area contributed by atoms with Gasteiger partial charge >= 0.3 is 0 Å². The molecule has 2 aromatic rings. The maximum atomic E-state index is 11.3. The SMILES string of the molecule is O=c1[nH]cccc1-c1cccs1. The van der Waals surface area contributed by atoms with Crippen molar-refractivity contribution in [3.63, 3.8) is 0 Å². The van der Waals surface area contributed by atoms with E-state index in [0.717, 1.165) is 10.4 Å². The third-order valence-electron chi connectivity index (χ3n) is 1.60. The molecule has 0 amide bonds. The fraction of sp³-hybridized carbons (Fsp3) is 0. The number of aromatic nitrogens is 1. The molecule has 2 rings (SSSR count). The molecule has 2 nitrogen and oxygen atoms in total. The number of pyridine rings is 1. The van der Waals surface area contributed by atoms with E-state index in [9.17, 15) is 4.79 Å². The number of rotatable bonds is 1. The molecule has 0 unspecified atom stereocenters. The van der Waals surface area contributed by atoms with Crippen LogP contribution in [0.1, 0.15) is 0 Å². The van der Waals surface area contributed by atoms with Crippen LogP contribution >= 0.6 is 11.3 Å². The van der Waals surface area contributed by atoms with Gasteiger partial charge in [-0.05, 0) is 23.6 Å². The van der Waals surface area contributed by atoms with E-state index in [1.54, 1.807) is 17.5 Å². The second-order valence-electron chi connectivity index (χ2n) is 2.39. The Morgan fingerprint density at radius 1 is 1.25 bits per heavy atom. The van der Waals surface area contributed by atoms with Gasteiger partial charge in [-0.15, -0.1) is 11.3 Å². The van der Waals surface area contributed by atoms with Crippen molar-refractivity contribution < 1.29 is 0 Å². The molecule has 12 heavy (non-hydrogen) atoms. The first-order valence-electron chi connectivity index (χ1n) is 3.59. The minimum Gasteiger partial charge on any atom is -0.329 e. The monoisotopic (exact) mass is 177 g/mol. The molecule has 0 aliphatic carbocycles. The third-order valence-corrected chi connectivity index (χ3v) is 2.51. The smallest absolute Gasteiger partial charge is 0.256 e. The molecule has 3 heteroatoms. The van der Waals surface area contributed by atoms with Crippen molar-refractivity contribution in [1.82, 2.24) is 4.98 Å². The molecule has 0 aliphatic heterocycles. The van der Waals surface area contributed by atoms with Gasteiger partial charge in [0.25, 0.3) is 5.56 Å². The highest BCUT2D eigenvalue weighted by atomic mass is 32.1. The molecule has 2 heterocycles. The predicted octanol–water partition coefficient (Wildman–Crippen LogP) is 2.10. The average Bonchev–Trinajstić information content (AvgIpc) is 2.57. The van der Waals surface area contributed by atoms with Crippen molar-refractivity contribution in [2.75, 3.05) is 0 Å². The highest BCUT2D eigenvalue weighted by Crippen LogP contribution is 2.20. The summed E-state index contributed by atoms with van der Waals surface area (Å²) < 4.78 is 0.